The Labute approximate surface area is 189 Å². The van der Waals surface area contributed by atoms with Crippen LogP contribution in [0.1, 0.15) is 47.7 Å². The predicted octanol–water partition coefficient (Wildman–Crippen LogP) is 4.06. The first-order valence-corrected chi connectivity index (χ1v) is 12.3. The van der Waals surface area contributed by atoms with Crippen molar-refractivity contribution in [2.75, 3.05) is 11.9 Å². The quantitative estimate of drug-likeness (QED) is 0.611. The lowest BCUT2D eigenvalue weighted by molar-refractivity contribution is 0.102. The first kappa shape index (κ1) is 22.2. The second-order valence-corrected chi connectivity index (χ2v) is 10.2. The molecule has 0 saturated carbocycles. The van der Waals surface area contributed by atoms with Gasteiger partial charge in [0.05, 0.1) is 17.6 Å². The number of aryl methyl sites for hydroxylation is 1. The van der Waals surface area contributed by atoms with Crippen LogP contribution in [0.25, 0.3) is 0 Å². The van der Waals surface area contributed by atoms with Crippen LogP contribution in [0.2, 0.25) is 0 Å². The minimum Gasteiger partial charge on any atom is -0.307 e. The summed E-state index contributed by atoms with van der Waals surface area (Å²) in [6.45, 7) is 5.05. The number of rotatable bonds is 6. The largest absolute Gasteiger partial charge is 0.307 e. The van der Waals surface area contributed by atoms with Crippen molar-refractivity contribution in [3.8, 4) is 0 Å². The second-order valence-electron chi connectivity index (χ2n) is 8.30. The lowest BCUT2D eigenvalue weighted by Gasteiger charge is -2.32. The minimum absolute atomic E-state index is 0.00876. The van der Waals surface area contributed by atoms with Gasteiger partial charge >= 0.3 is 0 Å². The van der Waals surface area contributed by atoms with Crippen LogP contribution in [0.3, 0.4) is 0 Å². The molecule has 32 heavy (non-hydrogen) atoms. The van der Waals surface area contributed by atoms with Crippen LogP contribution in [0.4, 0.5) is 5.82 Å². The van der Waals surface area contributed by atoms with E-state index >= 15 is 0 Å². The molecule has 1 atom stereocenters. The molecule has 1 fully saturated rings. The summed E-state index contributed by atoms with van der Waals surface area (Å²) >= 11 is 0. The molecular weight excluding hydrogens is 424 g/mol. The summed E-state index contributed by atoms with van der Waals surface area (Å²) in [7, 11) is -3.56. The number of hydrogen-bond acceptors (Lipinski definition) is 4. The first-order valence-electron chi connectivity index (χ1n) is 10.9. The molecule has 0 bridgehead atoms. The molecule has 8 heteroatoms. The third-order valence-electron chi connectivity index (χ3n) is 5.88. The number of nitrogens with one attached hydrogen (secondary N) is 1. The normalized spacial score (nSPS) is 17.2. The molecule has 1 N–H and O–H groups in total. The van der Waals surface area contributed by atoms with Gasteiger partial charge in [-0.05, 0) is 56.5 Å². The van der Waals surface area contributed by atoms with E-state index in [1.165, 1.54) is 17.7 Å². The molecule has 168 valence electrons. The molecule has 3 aromatic rings. The van der Waals surface area contributed by atoms with Gasteiger partial charge in [-0.3, -0.25) is 4.79 Å². The van der Waals surface area contributed by atoms with Crippen LogP contribution in [-0.4, -0.2) is 41.0 Å². The Morgan fingerprint density at radius 2 is 1.78 bits per heavy atom. The lowest BCUT2D eigenvalue weighted by Crippen LogP contribution is -2.41. The zero-order chi connectivity index (χ0) is 22.7. The molecule has 1 unspecified atom stereocenters. The lowest BCUT2D eigenvalue weighted by atomic mass is 10.1. The average Bonchev–Trinajstić information content (AvgIpc) is 3.22. The van der Waals surface area contributed by atoms with Crippen molar-refractivity contribution in [2.24, 2.45) is 0 Å². The van der Waals surface area contributed by atoms with Crippen molar-refractivity contribution in [1.29, 1.82) is 0 Å². The molecular formula is C24H28N4O3S. The monoisotopic (exact) mass is 452 g/mol. The highest BCUT2D eigenvalue weighted by atomic mass is 32.2. The van der Waals surface area contributed by atoms with Gasteiger partial charge in [0.25, 0.3) is 5.91 Å². The van der Waals surface area contributed by atoms with Crippen LogP contribution < -0.4 is 5.32 Å². The molecule has 1 aromatic heterocycles. The van der Waals surface area contributed by atoms with Gasteiger partial charge in [-0.2, -0.15) is 9.40 Å². The fraction of sp³-hybridized carbons (Fsp3) is 0.333. The Morgan fingerprint density at radius 1 is 1.06 bits per heavy atom. The van der Waals surface area contributed by atoms with Crippen molar-refractivity contribution >= 4 is 21.7 Å². The van der Waals surface area contributed by atoms with E-state index in [1.54, 1.807) is 33.4 Å². The van der Waals surface area contributed by atoms with Crippen molar-refractivity contribution in [3.63, 3.8) is 0 Å². The molecule has 2 heterocycles. The van der Waals surface area contributed by atoms with Crippen molar-refractivity contribution in [3.05, 3.63) is 77.5 Å². The molecule has 1 saturated heterocycles. The third kappa shape index (κ3) is 4.76. The van der Waals surface area contributed by atoms with Gasteiger partial charge < -0.3 is 5.32 Å². The molecule has 4 rings (SSSR count). The van der Waals surface area contributed by atoms with E-state index < -0.39 is 10.0 Å². The number of piperidine rings is 1. The molecule has 1 amide bonds. The number of sulfonamides is 1. The van der Waals surface area contributed by atoms with Gasteiger partial charge in [0.2, 0.25) is 10.0 Å². The summed E-state index contributed by atoms with van der Waals surface area (Å²) in [4.78, 5) is 13.0. The van der Waals surface area contributed by atoms with Crippen LogP contribution in [0.5, 0.6) is 0 Å². The summed E-state index contributed by atoms with van der Waals surface area (Å²) in [5.74, 6) is 0.264. The van der Waals surface area contributed by atoms with Gasteiger partial charge in [-0.25, -0.2) is 13.1 Å². The summed E-state index contributed by atoms with van der Waals surface area (Å²) in [6, 6.07) is 16.0. The fourth-order valence-electron chi connectivity index (χ4n) is 3.96. The number of aromatic nitrogens is 2. The Balaban J connectivity index is 1.46. The van der Waals surface area contributed by atoms with Crippen molar-refractivity contribution in [1.82, 2.24) is 14.1 Å². The standard InChI is InChI=1S/C24H28N4O3S/c1-18-6-8-20(9-7-18)17-27-23(14-15-25-27)26-24(29)21-10-12-22(13-11-21)32(30,31)28-16-4-3-5-19(28)2/h6-15,19H,3-5,16-17H2,1-2H3,(H,26,29). The van der Waals surface area contributed by atoms with Gasteiger partial charge in [-0.15, -0.1) is 0 Å². The highest BCUT2D eigenvalue weighted by Crippen LogP contribution is 2.25. The van der Waals surface area contributed by atoms with E-state index in [4.69, 9.17) is 0 Å². The Kier molecular flexibility index (Phi) is 6.43. The number of hydrogen-bond donors (Lipinski definition) is 1. The molecule has 2 aromatic carbocycles. The van der Waals surface area contributed by atoms with E-state index in [0.717, 1.165) is 24.8 Å². The topological polar surface area (TPSA) is 84.3 Å². The van der Waals surface area contributed by atoms with Crippen LogP contribution >= 0.6 is 0 Å². The molecule has 7 nitrogen and oxygen atoms in total. The maximum Gasteiger partial charge on any atom is 0.256 e. The summed E-state index contributed by atoms with van der Waals surface area (Å²) < 4.78 is 29.3. The van der Waals surface area contributed by atoms with Crippen molar-refractivity contribution in [2.45, 2.75) is 50.6 Å². The van der Waals surface area contributed by atoms with Gasteiger partial charge in [0.1, 0.15) is 5.82 Å². The number of carbonyl (C=O) groups is 1. The van der Waals surface area contributed by atoms with E-state index in [9.17, 15) is 13.2 Å². The highest BCUT2D eigenvalue weighted by molar-refractivity contribution is 7.89. The van der Waals surface area contributed by atoms with Crippen LogP contribution in [0, 0.1) is 6.92 Å². The van der Waals surface area contributed by atoms with Crippen LogP contribution in [0.15, 0.2) is 65.7 Å². The van der Waals surface area contributed by atoms with Gasteiger partial charge in [0, 0.05) is 24.2 Å². The second kappa shape index (κ2) is 9.26. The molecule has 0 radical (unpaired) electrons. The number of carbonyl (C=O) groups excluding carboxylic acids is 1. The fourth-order valence-corrected chi connectivity index (χ4v) is 5.66. The van der Waals surface area contributed by atoms with E-state index in [2.05, 4.69) is 10.4 Å². The van der Waals surface area contributed by atoms with E-state index in [0.29, 0.717) is 24.5 Å². The molecule has 0 spiro atoms. The Hall–Kier alpha value is -2.97. The smallest absolute Gasteiger partial charge is 0.256 e. The van der Waals surface area contributed by atoms with E-state index in [-0.39, 0.29) is 16.8 Å². The highest BCUT2D eigenvalue weighted by Gasteiger charge is 2.30. The molecule has 1 aliphatic rings. The first-order chi connectivity index (χ1) is 15.3. The van der Waals surface area contributed by atoms with Crippen molar-refractivity contribution < 1.29 is 13.2 Å². The van der Waals surface area contributed by atoms with E-state index in [1.807, 2.05) is 38.1 Å². The third-order valence-corrected chi connectivity index (χ3v) is 7.90. The maximum atomic E-state index is 13.0. The number of benzene rings is 2. The van der Waals surface area contributed by atoms with Gasteiger partial charge in [0.15, 0.2) is 0 Å². The zero-order valence-electron chi connectivity index (χ0n) is 18.4. The number of nitrogens with zero attached hydrogens (tertiary/aromatic N) is 3. The molecule has 1 aliphatic heterocycles. The average molecular weight is 453 g/mol. The Bertz CT molecular complexity index is 1180. The predicted molar refractivity (Wildman–Crippen MR) is 124 cm³/mol. The summed E-state index contributed by atoms with van der Waals surface area (Å²) in [5.41, 5.74) is 2.65. The maximum absolute atomic E-state index is 13.0. The SMILES string of the molecule is Cc1ccc(Cn2nccc2NC(=O)c2ccc(S(=O)(=O)N3CCCCC3C)cc2)cc1. The number of anilines is 1. The van der Waals surface area contributed by atoms with Crippen LogP contribution in [-0.2, 0) is 16.6 Å². The Morgan fingerprint density at radius 3 is 2.47 bits per heavy atom. The number of amides is 1. The van der Waals surface area contributed by atoms with Gasteiger partial charge in [-0.1, -0.05) is 36.2 Å². The summed E-state index contributed by atoms with van der Waals surface area (Å²) in [6.07, 6.45) is 4.43. The zero-order valence-corrected chi connectivity index (χ0v) is 19.2. The minimum atomic E-state index is -3.56. The molecule has 0 aliphatic carbocycles. The summed E-state index contributed by atoms with van der Waals surface area (Å²) in [5, 5.41) is 7.17.